The van der Waals surface area contributed by atoms with Crippen molar-refractivity contribution in [3.8, 4) is 22.6 Å². The van der Waals surface area contributed by atoms with Crippen LogP contribution in [-0.4, -0.2) is 20.1 Å². The Morgan fingerprint density at radius 2 is 1.68 bits per heavy atom. The van der Waals surface area contributed by atoms with Crippen molar-refractivity contribution in [1.82, 2.24) is 0 Å². The topological polar surface area (TPSA) is 61.5 Å². The molecule has 0 aliphatic heterocycles. The van der Waals surface area contributed by atoms with E-state index in [1.807, 2.05) is 30.3 Å². The third kappa shape index (κ3) is 2.38. The van der Waals surface area contributed by atoms with E-state index in [1.54, 1.807) is 19.2 Å². The van der Waals surface area contributed by atoms with Gasteiger partial charge in [-0.05, 0) is 17.7 Å². The van der Waals surface area contributed by atoms with Gasteiger partial charge in [-0.3, -0.25) is 4.79 Å². The van der Waals surface area contributed by atoms with E-state index in [-0.39, 0.29) is 0 Å². The molecule has 0 radical (unpaired) electrons. The summed E-state index contributed by atoms with van der Waals surface area (Å²) >= 11 is 0. The summed E-state index contributed by atoms with van der Waals surface area (Å²) in [6, 6.07) is 12.8. The normalized spacial score (nSPS) is 10.0. The summed E-state index contributed by atoms with van der Waals surface area (Å²) in [6.07, 6.45) is 0. The van der Waals surface area contributed by atoms with Gasteiger partial charge in [-0.1, -0.05) is 30.3 Å². The zero-order valence-corrected chi connectivity index (χ0v) is 10.8. The summed E-state index contributed by atoms with van der Waals surface area (Å²) in [4.78, 5) is 11.6. The van der Waals surface area contributed by atoms with Gasteiger partial charge < -0.3 is 15.2 Å². The standard InChI is InChI=1S/C15H15NO3/c1-18-12-9-8-11(15(16)17)13(14(12)19-2)10-6-4-3-5-7-10/h3-9H,1-2H3,(H2,16,17). The molecule has 2 aromatic rings. The second-order valence-electron chi connectivity index (χ2n) is 3.95. The minimum absolute atomic E-state index is 0.406. The fourth-order valence-corrected chi connectivity index (χ4v) is 2.02. The Hall–Kier alpha value is -2.49. The highest BCUT2D eigenvalue weighted by Crippen LogP contribution is 2.40. The van der Waals surface area contributed by atoms with E-state index >= 15 is 0 Å². The van der Waals surface area contributed by atoms with Crippen molar-refractivity contribution in [1.29, 1.82) is 0 Å². The molecule has 0 aromatic heterocycles. The fourth-order valence-electron chi connectivity index (χ4n) is 2.02. The van der Waals surface area contributed by atoms with Gasteiger partial charge in [-0.25, -0.2) is 0 Å². The van der Waals surface area contributed by atoms with Crippen LogP contribution in [0.3, 0.4) is 0 Å². The van der Waals surface area contributed by atoms with Gasteiger partial charge in [0.15, 0.2) is 11.5 Å². The van der Waals surface area contributed by atoms with Crippen LogP contribution in [0.2, 0.25) is 0 Å². The number of carbonyl (C=O) groups is 1. The molecule has 0 fully saturated rings. The monoisotopic (exact) mass is 257 g/mol. The second-order valence-corrected chi connectivity index (χ2v) is 3.95. The molecule has 0 saturated carbocycles. The van der Waals surface area contributed by atoms with E-state index in [0.717, 1.165) is 5.56 Å². The Morgan fingerprint density at radius 3 is 2.21 bits per heavy atom. The number of primary amides is 1. The number of rotatable bonds is 4. The number of ether oxygens (including phenoxy) is 2. The minimum atomic E-state index is -0.500. The number of carbonyl (C=O) groups excluding carboxylic acids is 1. The van der Waals surface area contributed by atoms with Crippen LogP contribution in [0, 0.1) is 0 Å². The summed E-state index contributed by atoms with van der Waals surface area (Å²) in [6.45, 7) is 0. The first kappa shape index (κ1) is 13.0. The lowest BCUT2D eigenvalue weighted by atomic mass is 9.97. The summed E-state index contributed by atoms with van der Waals surface area (Å²) in [7, 11) is 3.09. The van der Waals surface area contributed by atoms with E-state index in [9.17, 15) is 4.79 Å². The second kappa shape index (κ2) is 5.44. The molecule has 0 saturated heterocycles. The number of hydrogen-bond donors (Lipinski definition) is 1. The summed E-state index contributed by atoms with van der Waals surface area (Å²) in [5, 5.41) is 0. The van der Waals surface area contributed by atoms with Crippen molar-refractivity contribution in [2.45, 2.75) is 0 Å². The smallest absolute Gasteiger partial charge is 0.249 e. The van der Waals surface area contributed by atoms with E-state index < -0.39 is 5.91 Å². The third-order valence-corrected chi connectivity index (χ3v) is 2.87. The number of nitrogens with two attached hydrogens (primary N) is 1. The van der Waals surface area contributed by atoms with E-state index in [2.05, 4.69) is 0 Å². The molecule has 0 atom stereocenters. The van der Waals surface area contributed by atoms with Crippen LogP contribution in [0.1, 0.15) is 10.4 Å². The van der Waals surface area contributed by atoms with Gasteiger partial charge in [-0.2, -0.15) is 0 Å². The van der Waals surface area contributed by atoms with Gasteiger partial charge in [0.25, 0.3) is 0 Å². The molecule has 0 spiro atoms. The summed E-state index contributed by atoms with van der Waals surface area (Å²) < 4.78 is 10.6. The molecule has 0 unspecified atom stereocenters. The minimum Gasteiger partial charge on any atom is -0.493 e. The van der Waals surface area contributed by atoms with Gasteiger partial charge in [0.05, 0.1) is 19.8 Å². The summed E-state index contributed by atoms with van der Waals surface area (Å²) in [5.41, 5.74) is 7.34. The highest BCUT2D eigenvalue weighted by Gasteiger charge is 2.19. The molecular formula is C15H15NO3. The quantitative estimate of drug-likeness (QED) is 0.915. The van der Waals surface area contributed by atoms with Crippen LogP contribution in [0.25, 0.3) is 11.1 Å². The zero-order valence-electron chi connectivity index (χ0n) is 10.8. The first-order valence-corrected chi connectivity index (χ1v) is 5.79. The van der Waals surface area contributed by atoms with Gasteiger partial charge in [0, 0.05) is 5.56 Å². The molecule has 19 heavy (non-hydrogen) atoms. The fraction of sp³-hybridized carbons (Fsp3) is 0.133. The van der Waals surface area contributed by atoms with Crippen LogP contribution in [-0.2, 0) is 0 Å². The van der Waals surface area contributed by atoms with E-state index in [4.69, 9.17) is 15.2 Å². The van der Waals surface area contributed by atoms with Gasteiger partial charge >= 0.3 is 0 Å². The maximum Gasteiger partial charge on any atom is 0.249 e. The molecule has 2 aromatic carbocycles. The first-order valence-electron chi connectivity index (χ1n) is 5.79. The van der Waals surface area contributed by atoms with Crippen LogP contribution >= 0.6 is 0 Å². The first-order chi connectivity index (χ1) is 9.19. The molecule has 98 valence electrons. The molecule has 4 heteroatoms. The van der Waals surface area contributed by atoms with Crippen molar-refractivity contribution >= 4 is 5.91 Å². The Bertz CT molecular complexity index is 594. The number of hydrogen-bond acceptors (Lipinski definition) is 3. The largest absolute Gasteiger partial charge is 0.493 e. The lowest BCUT2D eigenvalue weighted by Gasteiger charge is -2.15. The number of amides is 1. The Labute approximate surface area is 111 Å². The van der Waals surface area contributed by atoms with Crippen molar-refractivity contribution in [2.24, 2.45) is 5.73 Å². The van der Waals surface area contributed by atoms with Gasteiger partial charge in [-0.15, -0.1) is 0 Å². The Balaban J connectivity index is 2.77. The van der Waals surface area contributed by atoms with Crippen LogP contribution in [0.15, 0.2) is 42.5 Å². The van der Waals surface area contributed by atoms with E-state index in [0.29, 0.717) is 22.6 Å². The van der Waals surface area contributed by atoms with Crippen LogP contribution in [0.5, 0.6) is 11.5 Å². The number of benzene rings is 2. The van der Waals surface area contributed by atoms with Crippen molar-refractivity contribution in [3.05, 3.63) is 48.0 Å². The molecule has 4 nitrogen and oxygen atoms in total. The average Bonchev–Trinajstić information content (AvgIpc) is 2.46. The Kier molecular flexibility index (Phi) is 3.71. The van der Waals surface area contributed by atoms with Crippen molar-refractivity contribution < 1.29 is 14.3 Å². The third-order valence-electron chi connectivity index (χ3n) is 2.87. The van der Waals surface area contributed by atoms with Gasteiger partial charge in [0.2, 0.25) is 5.91 Å². The molecule has 0 aliphatic rings. The lowest BCUT2D eigenvalue weighted by Crippen LogP contribution is -2.13. The van der Waals surface area contributed by atoms with Crippen molar-refractivity contribution in [3.63, 3.8) is 0 Å². The predicted molar refractivity (Wildman–Crippen MR) is 73.5 cm³/mol. The van der Waals surface area contributed by atoms with Gasteiger partial charge in [0.1, 0.15) is 0 Å². The maximum absolute atomic E-state index is 11.6. The molecule has 2 rings (SSSR count). The maximum atomic E-state index is 11.6. The molecule has 2 N–H and O–H groups in total. The highest BCUT2D eigenvalue weighted by atomic mass is 16.5. The van der Waals surface area contributed by atoms with Crippen LogP contribution < -0.4 is 15.2 Å². The molecule has 0 aliphatic carbocycles. The Morgan fingerprint density at radius 1 is 1.00 bits per heavy atom. The lowest BCUT2D eigenvalue weighted by molar-refractivity contribution is 0.100. The molecule has 0 bridgehead atoms. The zero-order chi connectivity index (χ0) is 13.8. The molecule has 1 amide bonds. The van der Waals surface area contributed by atoms with E-state index in [1.165, 1.54) is 7.11 Å². The highest BCUT2D eigenvalue weighted by molar-refractivity contribution is 6.02. The summed E-state index contributed by atoms with van der Waals surface area (Å²) in [5.74, 6) is 0.566. The average molecular weight is 257 g/mol. The predicted octanol–water partition coefficient (Wildman–Crippen LogP) is 2.47. The molecular weight excluding hydrogens is 242 g/mol. The molecule has 0 heterocycles. The SMILES string of the molecule is COc1ccc(C(N)=O)c(-c2ccccc2)c1OC. The number of methoxy groups -OCH3 is 2. The van der Waals surface area contributed by atoms with Crippen LogP contribution in [0.4, 0.5) is 0 Å². The van der Waals surface area contributed by atoms with Crippen molar-refractivity contribution in [2.75, 3.05) is 14.2 Å².